The van der Waals surface area contributed by atoms with Crippen LogP contribution in [0.5, 0.6) is 11.5 Å². The van der Waals surface area contributed by atoms with Crippen LogP contribution in [0.15, 0.2) is 60.1 Å². The number of benzene rings is 1. The van der Waals surface area contributed by atoms with Gasteiger partial charge in [0.05, 0.1) is 7.11 Å². The van der Waals surface area contributed by atoms with Crippen LogP contribution in [0.1, 0.15) is 25.7 Å². The summed E-state index contributed by atoms with van der Waals surface area (Å²) in [7, 11) is 3.26. The monoisotopic (exact) mass is 397 g/mol. The van der Waals surface area contributed by atoms with Crippen LogP contribution in [-0.2, 0) is 6.54 Å². The van der Waals surface area contributed by atoms with Crippen LogP contribution in [0.3, 0.4) is 0 Å². The fourth-order valence-electron chi connectivity index (χ4n) is 2.48. The molecule has 0 atom stereocenters. The number of pyridine rings is 1. The van der Waals surface area contributed by atoms with Gasteiger partial charge in [-0.1, -0.05) is 18.2 Å². The van der Waals surface area contributed by atoms with Crippen molar-refractivity contribution in [1.82, 2.24) is 15.4 Å². The highest BCUT2D eigenvalue weighted by atomic mass is 32.1. The smallest absolute Gasteiger partial charge is 0.353 e. The zero-order chi connectivity index (χ0) is 19.9. The number of nitrogens with zero attached hydrogens (tertiary/aromatic N) is 2. The highest BCUT2D eigenvalue weighted by Crippen LogP contribution is 2.29. The molecule has 0 bridgehead atoms. The van der Waals surface area contributed by atoms with Gasteiger partial charge >= 0.3 is 5.97 Å². The van der Waals surface area contributed by atoms with Gasteiger partial charge in [0, 0.05) is 19.8 Å². The zero-order valence-electron chi connectivity index (χ0n) is 15.4. The fraction of sp³-hybridized carbons (Fsp3) is 0.150. The van der Waals surface area contributed by atoms with Crippen molar-refractivity contribution in [1.29, 1.82) is 0 Å². The standard InChI is InChI=1S/C20H19N3O4S/c1-23(22-19(24)15-6-3-4-10-21-15)13-14-8-9-16(17(12-14)26-2)27-20(25)18-7-5-11-28-18/h3-12H,13H2,1-2H3,(H,22,24). The molecule has 0 saturated heterocycles. The number of rotatable bonds is 7. The maximum atomic E-state index is 12.2. The van der Waals surface area contributed by atoms with Gasteiger partial charge in [0.1, 0.15) is 10.6 Å². The van der Waals surface area contributed by atoms with E-state index in [4.69, 9.17) is 9.47 Å². The second-order valence-electron chi connectivity index (χ2n) is 5.86. The number of esters is 1. The van der Waals surface area contributed by atoms with E-state index in [0.717, 1.165) is 5.56 Å². The molecule has 1 aromatic carbocycles. The molecule has 0 fully saturated rings. The van der Waals surface area contributed by atoms with E-state index in [1.54, 1.807) is 60.7 Å². The number of hydrogen-bond acceptors (Lipinski definition) is 7. The number of hydrazine groups is 1. The molecule has 0 saturated carbocycles. The molecule has 0 radical (unpaired) electrons. The number of hydrogen-bond donors (Lipinski definition) is 1. The third-order valence-corrected chi connectivity index (χ3v) is 4.61. The predicted octanol–water partition coefficient (Wildman–Crippen LogP) is 3.15. The fourth-order valence-corrected chi connectivity index (χ4v) is 3.08. The van der Waals surface area contributed by atoms with E-state index in [-0.39, 0.29) is 5.91 Å². The van der Waals surface area contributed by atoms with Crippen LogP contribution >= 0.6 is 11.3 Å². The average Bonchev–Trinajstić information content (AvgIpc) is 3.24. The second kappa shape index (κ2) is 9.12. The molecule has 0 unspecified atom stereocenters. The number of carbonyl (C=O) groups is 2. The highest BCUT2D eigenvalue weighted by Gasteiger charge is 2.15. The Morgan fingerprint density at radius 1 is 1.14 bits per heavy atom. The Morgan fingerprint density at radius 2 is 2.00 bits per heavy atom. The van der Waals surface area contributed by atoms with Crippen molar-refractivity contribution in [2.45, 2.75) is 6.54 Å². The topological polar surface area (TPSA) is 80.8 Å². The molecular formula is C20H19N3O4S. The molecular weight excluding hydrogens is 378 g/mol. The van der Waals surface area contributed by atoms with E-state index >= 15 is 0 Å². The van der Waals surface area contributed by atoms with E-state index in [9.17, 15) is 9.59 Å². The Hall–Kier alpha value is -3.23. The maximum Gasteiger partial charge on any atom is 0.353 e. The third kappa shape index (κ3) is 4.93. The Kier molecular flexibility index (Phi) is 6.36. The number of methoxy groups -OCH3 is 1. The molecule has 0 aliphatic rings. The lowest BCUT2D eigenvalue weighted by atomic mass is 10.2. The summed E-state index contributed by atoms with van der Waals surface area (Å²) in [6, 6.07) is 13.9. The van der Waals surface area contributed by atoms with Gasteiger partial charge in [-0.25, -0.2) is 9.80 Å². The minimum Gasteiger partial charge on any atom is -0.493 e. The molecule has 2 heterocycles. The van der Waals surface area contributed by atoms with Crippen LogP contribution in [0.4, 0.5) is 0 Å². The molecule has 144 valence electrons. The van der Waals surface area contributed by atoms with Gasteiger partial charge in [0.15, 0.2) is 11.5 Å². The van der Waals surface area contributed by atoms with Gasteiger partial charge in [0.2, 0.25) is 0 Å². The molecule has 0 spiro atoms. The van der Waals surface area contributed by atoms with Crippen LogP contribution in [0.2, 0.25) is 0 Å². The van der Waals surface area contributed by atoms with Crippen LogP contribution < -0.4 is 14.9 Å². The average molecular weight is 397 g/mol. The summed E-state index contributed by atoms with van der Waals surface area (Å²) < 4.78 is 10.8. The molecule has 2 aromatic heterocycles. The SMILES string of the molecule is COc1cc(CN(C)NC(=O)c2ccccn2)ccc1OC(=O)c1cccs1. The highest BCUT2D eigenvalue weighted by molar-refractivity contribution is 7.12. The van der Waals surface area contributed by atoms with E-state index in [0.29, 0.717) is 28.6 Å². The first-order chi connectivity index (χ1) is 13.6. The number of ether oxygens (including phenoxy) is 2. The van der Waals surface area contributed by atoms with Crippen molar-refractivity contribution in [2.24, 2.45) is 0 Å². The second-order valence-corrected chi connectivity index (χ2v) is 6.81. The molecule has 0 aliphatic heterocycles. The molecule has 1 N–H and O–H groups in total. The summed E-state index contributed by atoms with van der Waals surface area (Å²) in [6.07, 6.45) is 1.57. The van der Waals surface area contributed by atoms with Crippen molar-refractivity contribution >= 4 is 23.2 Å². The summed E-state index contributed by atoms with van der Waals surface area (Å²) >= 11 is 1.31. The molecule has 1 amide bonds. The lowest BCUT2D eigenvalue weighted by Gasteiger charge is -2.18. The first-order valence-electron chi connectivity index (χ1n) is 8.42. The number of thiophene rings is 1. The van der Waals surface area contributed by atoms with E-state index in [2.05, 4.69) is 10.4 Å². The van der Waals surface area contributed by atoms with Gasteiger partial charge in [-0.2, -0.15) is 0 Å². The minimum absolute atomic E-state index is 0.295. The Bertz CT molecular complexity index is 945. The summed E-state index contributed by atoms with van der Waals surface area (Å²) in [5, 5.41) is 3.45. The molecule has 28 heavy (non-hydrogen) atoms. The normalized spacial score (nSPS) is 10.5. The lowest BCUT2D eigenvalue weighted by molar-refractivity contribution is 0.0733. The van der Waals surface area contributed by atoms with Gasteiger partial charge in [-0.3, -0.25) is 15.2 Å². The predicted molar refractivity (Wildman–Crippen MR) is 105 cm³/mol. The largest absolute Gasteiger partial charge is 0.493 e. The van der Waals surface area contributed by atoms with Gasteiger partial charge in [-0.05, 0) is 41.3 Å². The van der Waals surface area contributed by atoms with Crippen molar-refractivity contribution in [2.75, 3.05) is 14.2 Å². The number of amides is 1. The maximum absolute atomic E-state index is 12.2. The van der Waals surface area contributed by atoms with Gasteiger partial charge in [-0.15, -0.1) is 11.3 Å². The van der Waals surface area contributed by atoms with E-state index in [1.165, 1.54) is 18.4 Å². The van der Waals surface area contributed by atoms with Crippen LogP contribution in [-0.4, -0.2) is 36.0 Å². The first-order valence-corrected chi connectivity index (χ1v) is 9.30. The summed E-state index contributed by atoms with van der Waals surface area (Å²) in [4.78, 5) is 28.8. The van der Waals surface area contributed by atoms with Crippen molar-refractivity contribution in [3.8, 4) is 11.5 Å². The van der Waals surface area contributed by atoms with E-state index < -0.39 is 5.97 Å². The quantitative estimate of drug-likeness (QED) is 0.375. The number of carbonyl (C=O) groups excluding carboxylic acids is 2. The first kappa shape index (κ1) is 19.5. The van der Waals surface area contributed by atoms with Crippen molar-refractivity contribution in [3.63, 3.8) is 0 Å². The van der Waals surface area contributed by atoms with Gasteiger partial charge in [0.25, 0.3) is 5.91 Å². The Labute approximate surface area is 166 Å². The Morgan fingerprint density at radius 3 is 2.68 bits per heavy atom. The molecule has 0 aliphatic carbocycles. The van der Waals surface area contributed by atoms with Crippen molar-refractivity contribution in [3.05, 3.63) is 76.2 Å². The van der Waals surface area contributed by atoms with Gasteiger partial charge < -0.3 is 9.47 Å². The zero-order valence-corrected chi connectivity index (χ0v) is 16.2. The molecule has 7 nitrogen and oxygen atoms in total. The van der Waals surface area contributed by atoms with Crippen molar-refractivity contribution < 1.29 is 19.1 Å². The third-order valence-electron chi connectivity index (χ3n) is 3.76. The number of nitrogens with one attached hydrogen (secondary N) is 1. The Balaban J connectivity index is 1.64. The lowest BCUT2D eigenvalue weighted by Crippen LogP contribution is -2.39. The summed E-state index contributed by atoms with van der Waals surface area (Å²) in [5.41, 5.74) is 3.96. The summed E-state index contributed by atoms with van der Waals surface area (Å²) in [6.45, 7) is 0.425. The summed E-state index contributed by atoms with van der Waals surface area (Å²) in [5.74, 6) is 0.0500. The van der Waals surface area contributed by atoms with E-state index in [1.807, 2.05) is 11.4 Å². The number of aromatic nitrogens is 1. The van der Waals surface area contributed by atoms with Crippen LogP contribution in [0.25, 0.3) is 0 Å². The van der Waals surface area contributed by atoms with Crippen LogP contribution in [0, 0.1) is 0 Å². The molecule has 3 aromatic rings. The molecule has 8 heteroatoms. The minimum atomic E-state index is -0.430. The molecule has 3 rings (SSSR count).